The van der Waals surface area contributed by atoms with Crippen LogP contribution >= 0.6 is 0 Å². The summed E-state index contributed by atoms with van der Waals surface area (Å²) in [4.78, 5) is 13.2. The molecule has 0 radical (unpaired) electrons. The van der Waals surface area contributed by atoms with Gasteiger partial charge in [0.1, 0.15) is 5.76 Å². The molecule has 0 aliphatic heterocycles. The summed E-state index contributed by atoms with van der Waals surface area (Å²) in [6, 6.07) is 3.42. The molecule has 4 heteroatoms. The summed E-state index contributed by atoms with van der Waals surface area (Å²) in [7, 11) is 1.71. The van der Waals surface area contributed by atoms with Crippen LogP contribution in [0.2, 0.25) is 0 Å². The molecule has 0 aromatic carbocycles. The topological polar surface area (TPSA) is 59.5 Å². The van der Waals surface area contributed by atoms with E-state index in [9.17, 15) is 4.79 Å². The SMILES string of the molecule is Cc1ccc(C(=O)N(C)CC(C)N)o1. The Morgan fingerprint density at radius 1 is 1.64 bits per heavy atom. The maximum atomic E-state index is 11.7. The fourth-order valence-corrected chi connectivity index (χ4v) is 1.25. The van der Waals surface area contributed by atoms with Crippen LogP contribution in [0.15, 0.2) is 16.5 Å². The second-order valence-corrected chi connectivity index (χ2v) is 3.57. The van der Waals surface area contributed by atoms with Crippen molar-refractivity contribution in [3.63, 3.8) is 0 Å². The van der Waals surface area contributed by atoms with E-state index >= 15 is 0 Å². The Morgan fingerprint density at radius 3 is 2.71 bits per heavy atom. The standard InChI is InChI=1S/C10H16N2O2/c1-7(11)6-12(3)10(13)9-5-4-8(2)14-9/h4-5,7H,6,11H2,1-3H3. The predicted octanol–water partition coefficient (Wildman–Crippen LogP) is 1.01. The van der Waals surface area contributed by atoms with Gasteiger partial charge in [0, 0.05) is 19.6 Å². The van der Waals surface area contributed by atoms with Gasteiger partial charge < -0.3 is 15.1 Å². The maximum absolute atomic E-state index is 11.7. The number of carbonyl (C=O) groups is 1. The Morgan fingerprint density at radius 2 is 2.29 bits per heavy atom. The Hall–Kier alpha value is -1.29. The zero-order valence-electron chi connectivity index (χ0n) is 8.78. The highest BCUT2D eigenvalue weighted by Crippen LogP contribution is 2.08. The summed E-state index contributed by atoms with van der Waals surface area (Å²) < 4.78 is 5.22. The molecule has 0 saturated carbocycles. The Kier molecular flexibility index (Phi) is 3.30. The average Bonchev–Trinajstić information content (AvgIpc) is 2.49. The summed E-state index contributed by atoms with van der Waals surface area (Å²) in [5.41, 5.74) is 5.59. The molecule has 0 aliphatic carbocycles. The normalized spacial score (nSPS) is 12.6. The van der Waals surface area contributed by atoms with Crippen LogP contribution in [-0.2, 0) is 0 Å². The van der Waals surface area contributed by atoms with Gasteiger partial charge in [-0.15, -0.1) is 0 Å². The number of amides is 1. The second kappa shape index (κ2) is 4.28. The third-order valence-corrected chi connectivity index (χ3v) is 1.86. The Bertz CT molecular complexity index is 318. The third kappa shape index (κ3) is 2.60. The number of nitrogens with two attached hydrogens (primary N) is 1. The summed E-state index contributed by atoms with van der Waals surface area (Å²) in [5, 5.41) is 0. The molecule has 1 heterocycles. The fourth-order valence-electron chi connectivity index (χ4n) is 1.25. The van der Waals surface area contributed by atoms with Gasteiger partial charge in [-0.2, -0.15) is 0 Å². The molecular weight excluding hydrogens is 180 g/mol. The molecule has 0 bridgehead atoms. The Labute approximate surface area is 83.7 Å². The first-order valence-electron chi connectivity index (χ1n) is 4.58. The van der Waals surface area contributed by atoms with Gasteiger partial charge in [-0.1, -0.05) is 0 Å². The smallest absolute Gasteiger partial charge is 0.289 e. The van der Waals surface area contributed by atoms with E-state index in [0.717, 1.165) is 5.76 Å². The highest BCUT2D eigenvalue weighted by atomic mass is 16.3. The van der Waals surface area contributed by atoms with Crippen LogP contribution in [0.25, 0.3) is 0 Å². The molecule has 78 valence electrons. The van der Waals surface area contributed by atoms with E-state index in [1.54, 1.807) is 24.1 Å². The first-order valence-corrected chi connectivity index (χ1v) is 4.58. The number of rotatable bonds is 3. The number of likely N-dealkylation sites (N-methyl/N-ethyl adjacent to an activating group) is 1. The molecule has 1 aromatic heterocycles. The van der Waals surface area contributed by atoms with E-state index < -0.39 is 0 Å². The van der Waals surface area contributed by atoms with Gasteiger partial charge in [0.2, 0.25) is 0 Å². The van der Waals surface area contributed by atoms with Crippen molar-refractivity contribution in [3.05, 3.63) is 23.7 Å². The lowest BCUT2D eigenvalue weighted by Crippen LogP contribution is -2.36. The molecule has 1 amide bonds. The van der Waals surface area contributed by atoms with Crippen molar-refractivity contribution < 1.29 is 9.21 Å². The van der Waals surface area contributed by atoms with Crippen LogP contribution in [0.5, 0.6) is 0 Å². The van der Waals surface area contributed by atoms with E-state index in [1.807, 2.05) is 13.8 Å². The van der Waals surface area contributed by atoms with Crippen molar-refractivity contribution in [3.8, 4) is 0 Å². The average molecular weight is 196 g/mol. The van der Waals surface area contributed by atoms with E-state index in [-0.39, 0.29) is 11.9 Å². The van der Waals surface area contributed by atoms with E-state index in [0.29, 0.717) is 12.3 Å². The maximum Gasteiger partial charge on any atom is 0.289 e. The van der Waals surface area contributed by atoms with E-state index in [2.05, 4.69) is 0 Å². The molecule has 1 unspecified atom stereocenters. The van der Waals surface area contributed by atoms with Crippen LogP contribution in [-0.4, -0.2) is 30.4 Å². The third-order valence-electron chi connectivity index (χ3n) is 1.86. The fraction of sp³-hybridized carbons (Fsp3) is 0.500. The summed E-state index contributed by atoms with van der Waals surface area (Å²) in [6.45, 7) is 4.19. The molecule has 1 atom stereocenters. The molecule has 1 rings (SSSR count). The van der Waals surface area contributed by atoms with Crippen LogP contribution in [0.4, 0.5) is 0 Å². The number of aryl methyl sites for hydroxylation is 1. The minimum Gasteiger partial charge on any atom is -0.456 e. The van der Waals surface area contributed by atoms with Crippen LogP contribution in [0.1, 0.15) is 23.2 Å². The number of hydrogen-bond donors (Lipinski definition) is 1. The molecule has 2 N–H and O–H groups in total. The van der Waals surface area contributed by atoms with Crippen LogP contribution in [0, 0.1) is 6.92 Å². The highest BCUT2D eigenvalue weighted by Gasteiger charge is 2.15. The molecule has 0 fully saturated rings. The zero-order valence-corrected chi connectivity index (χ0v) is 8.78. The van der Waals surface area contributed by atoms with Crippen LogP contribution < -0.4 is 5.73 Å². The van der Waals surface area contributed by atoms with Crippen molar-refractivity contribution >= 4 is 5.91 Å². The largest absolute Gasteiger partial charge is 0.456 e. The minimum atomic E-state index is -0.129. The van der Waals surface area contributed by atoms with Crippen molar-refractivity contribution in [2.75, 3.05) is 13.6 Å². The van der Waals surface area contributed by atoms with Crippen molar-refractivity contribution in [1.82, 2.24) is 4.90 Å². The molecule has 14 heavy (non-hydrogen) atoms. The predicted molar refractivity (Wildman–Crippen MR) is 54.1 cm³/mol. The van der Waals surface area contributed by atoms with Gasteiger partial charge in [0.25, 0.3) is 5.91 Å². The van der Waals surface area contributed by atoms with Gasteiger partial charge in [0.15, 0.2) is 5.76 Å². The van der Waals surface area contributed by atoms with Crippen LogP contribution in [0.3, 0.4) is 0 Å². The molecule has 0 aliphatic rings. The quantitative estimate of drug-likeness (QED) is 0.784. The second-order valence-electron chi connectivity index (χ2n) is 3.57. The van der Waals surface area contributed by atoms with Crippen molar-refractivity contribution in [2.45, 2.75) is 19.9 Å². The summed E-state index contributed by atoms with van der Waals surface area (Å²) in [5.74, 6) is 0.976. The van der Waals surface area contributed by atoms with Gasteiger partial charge in [-0.05, 0) is 26.0 Å². The van der Waals surface area contributed by atoms with E-state index in [4.69, 9.17) is 10.2 Å². The lowest BCUT2D eigenvalue weighted by atomic mass is 10.3. The number of furan rings is 1. The molecule has 1 aromatic rings. The molecule has 4 nitrogen and oxygen atoms in total. The van der Waals surface area contributed by atoms with Gasteiger partial charge >= 0.3 is 0 Å². The van der Waals surface area contributed by atoms with Gasteiger partial charge in [-0.3, -0.25) is 4.79 Å². The first kappa shape index (κ1) is 10.8. The van der Waals surface area contributed by atoms with Crippen molar-refractivity contribution in [2.24, 2.45) is 5.73 Å². The monoisotopic (exact) mass is 196 g/mol. The lowest BCUT2D eigenvalue weighted by Gasteiger charge is -2.17. The lowest BCUT2D eigenvalue weighted by molar-refractivity contribution is 0.0756. The van der Waals surface area contributed by atoms with E-state index in [1.165, 1.54) is 0 Å². The number of nitrogens with zero attached hydrogens (tertiary/aromatic N) is 1. The Balaban J connectivity index is 2.65. The minimum absolute atomic E-state index is 0.0278. The molecule has 0 saturated heterocycles. The highest BCUT2D eigenvalue weighted by molar-refractivity contribution is 5.91. The number of carbonyl (C=O) groups excluding carboxylic acids is 1. The zero-order chi connectivity index (χ0) is 10.7. The summed E-state index contributed by atoms with van der Waals surface area (Å²) in [6.07, 6.45) is 0. The molecular formula is C10H16N2O2. The van der Waals surface area contributed by atoms with Gasteiger partial charge in [-0.25, -0.2) is 0 Å². The number of hydrogen-bond acceptors (Lipinski definition) is 3. The first-order chi connectivity index (χ1) is 6.50. The summed E-state index contributed by atoms with van der Waals surface area (Å²) >= 11 is 0. The van der Waals surface area contributed by atoms with Crippen molar-refractivity contribution in [1.29, 1.82) is 0 Å². The van der Waals surface area contributed by atoms with Gasteiger partial charge in [0.05, 0.1) is 0 Å². The molecule has 0 spiro atoms.